The molecule has 5 nitrogen and oxygen atoms in total. The number of hydrogen-bond acceptors (Lipinski definition) is 5. The third kappa shape index (κ3) is 1.52. The maximum atomic E-state index is 9.12. The zero-order valence-electron chi connectivity index (χ0n) is 6.01. The lowest BCUT2D eigenvalue weighted by Crippen LogP contribution is -2.31. The Morgan fingerprint density at radius 1 is 0.909 bits per heavy atom. The molecule has 11 heavy (non-hydrogen) atoms. The molecule has 0 aliphatic carbocycles. The van der Waals surface area contributed by atoms with E-state index in [1.54, 1.807) is 0 Å². The molecule has 0 radical (unpaired) electrons. The van der Waals surface area contributed by atoms with Crippen LogP contribution in [0.1, 0.15) is 0 Å². The summed E-state index contributed by atoms with van der Waals surface area (Å²) in [4.78, 5) is 0. The first-order valence-corrected chi connectivity index (χ1v) is 3.54. The molecule has 1 rings (SSSR count). The predicted molar refractivity (Wildman–Crippen MR) is 36.3 cm³/mol. The van der Waals surface area contributed by atoms with Gasteiger partial charge in [0.25, 0.3) is 0 Å². The zero-order chi connectivity index (χ0) is 8.43. The summed E-state index contributed by atoms with van der Waals surface area (Å²) < 4.78 is 0. The Bertz CT molecular complexity index is 118. The lowest BCUT2D eigenvalue weighted by molar-refractivity contribution is 0.0381. The largest absolute Gasteiger partial charge is 0.396 e. The molecular weight excluding hydrogens is 150 g/mol. The van der Waals surface area contributed by atoms with Crippen molar-refractivity contribution in [2.75, 3.05) is 13.2 Å². The van der Waals surface area contributed by atoms with E-state index in [0.717, 1.165) is 0 Å². The molecule has 0 aromatic heterocycles. The lowest BCUT2D eigenvalue weighted by Gasteiger charge is -2.16. The molecule has 1 aliphatic rings. The maximum Gasteiger partial charge on any atom is 0.112 e. The third-order valence-electron chi connectivity index (χ3n) is 2.12. The van der Waals surface area contributed by atoms with Gasteiger partial charge in [-0.15, -0.1) is 0 Å². The van der Waals surface area contributed by atoms with Crippen molar-refractivity contribution in [3.8, 4) is 0 Å². The standard InChI is InChI=1S/C6H13NO4/c8-1-3-4(2-9)6(11)7-5(3)10/h3-11H,1-2H2/t3-,4-,5-,6+/m0/s1. The predicted octanol–water partition coefficient (Wildman–Crippen LogP) is -2.56. The summed E-state index contributed by atoms with van der Waals surface area (Å²) in [5.41, 5.74) is 0. The van der Waals surface area contributed by atoms with Crippen LogP contribution in [-0.2, 0) is 0 Å². The van der Waals surface area contributed by atoms with Crippen molar-refractivity contribution < 1.29 is 20.4 Å². The maximum absolute atomic E-state index is 9.12. The van der Waals surface area contributed by atoms with Gasteiger partial charge in [-0.25, -0.2) is 0 Å². The van der Waals surface area contributed by atoms with Crippen molar-refractivity contribution in [1.82, 2.24) is 5.32 Å². The van der Waals surface area contributed by atoms with E-state index in [4.69, 9.17) is 20.4 Å². The van der Waals surface area contributed by atoms with Gasteiger partial charge in [-0.05, 0) is 0 Å². The second kappa shape index (κ2) is 3.46. The fourth-order valence-electron chi connectivity index (χ4n) is 1.36. The van der Waals surface area contributed by atoms with Crippen molar-refractivity contribution in [1.29, 1.82) is 0 Å². The van der Waals surface area contributed by atoms with Crippen LogP contribution in [0, 0.1) is 11.8 Å². The van der Waals surface area contributed by atoms with E-state index in [9.17, 15) is 0 Å². The number of rotatable bonds is 2. The lowest BCUT2D eigenvalue weighted by atomic mass is 9.95. The normalized spacial score (nSPS) is 44.7. The van der Waals surface area contributed by atoms with Crippen molar-refractivity contribution in [2.45, 2.75) is 12.5 Å². The Balaban J connectivity index is 2.59. The Morgan fingerprint density at radius 3 is 1.55 bits per heavy atom. The number of hydrogen-bond donors (Lipinski definition) is 5. The SMILES string of the molecule is OC[C@H]1[C@H](CO)[C@@H](O)N[C@H]1O. The highest BCUT2D eigenvalue weighted by atomic mass is 16.3. The van der Waals surface area contributed by atoms with Crippen molar-refractivity contribution in [2.24, 2.45) is 11.8 Å². The highest BCUT2D eigenvalue weighted by Crippen LogP contribution is 2.23. The second-order valence-electron chi connectivity index (χ2n) is 2.75. The molecule has 0 aromatic rings. The number of aliphatic hydroxyl groups is 4. The van der Waals surface area contributed by atoms with Gasteiger partial charge >= 0.3 is 0 Å². The molecule has 0 bridgehead atoms. The molecule has 1 aliphatic heterocycles. The molecule has 0 saturated carbocycles. The van der Waals surface area contributed by atoms with Crippen LogP contribution in [0.15, 0.2) is 0 Å². The first-order chi connectivity index (χ1) is 5.20. The van der Waals surface area contributed by atoms with Crippen LogP contribution in [0.25, 0.3) is 0 Å². The van der Waals surface area contributed by atoms with E-state index >= 15 is 0 Å². The van der Waals surface area contributed by atoms with Crippen molar-refractivity contribution in [3.63, 3.8) is 0 Å². The minimum Gasteiger partial charge on any atom is -0.396 e. The van der Waals surface area contributed by atoms with Gasteiger partial charge in [0.2, 0.25) is 0 Å². The first kappa shape index (κ1) is 8.89. The van der Waals surface area contributed by atoms with Crippen molar-refractivity contribution in [3.05, 3.63) is 0 Å². The Morgan fingerprint density at radius 2 is 1.27 bits per heavy atom. The van der Waals surface area contributed by atoms with E-state index in [0.29, 0.717) is 0 Å². The van der Waals surface area contributed by atoms with E-state index in [-0.39, 0.29) is 13.2 Å². The van der Waals surface area contributed by atoms with Gasteiger partial charge in [0.05, 0.1) is 13.2 Å². The van der Waals surface area contributed by atoms with E-state index in [1.165, 1.54) is 0 Å². The molecule has 1 saturated heterocycles. The van der Waals surface area contributed by atoms with Gasteiger partial charge in [0.15, 0.2) is 0 Å². The zero-order valence-corrected chi connectivity index (χ0v) is 6.01. The summed E-state index contributed by atoms with van der Waals surface area (Å²) in [6.07, 6.45) is -1.85. The molecule has 4 atom stereocenters. The van der Waals surface area contributed by atoms with Gasteiger partial charge in [-0.1, -0.05) is 0 Å². The average molecular weight is 163 g/mol. The molecule has 5 heteroatoms. The summed E-state index contributed by atoms with van der Waals surface area (Å²) in [6.45, 7) is -0.479. The summed E-state index contributed by atoms with van der Waals surface area (Å²) in [6, 6.07) is 0. The average Bonchev–Trinajstić information content (AvgIpc) is 2.24. The molecule has 0 aromatic carbocycles. The Labute approximate surface area is 64.3 Å². The fourth-order valence-corrected chi connectivity index (χ4v) is 1.36. The number of aliphatic hydroxyl groups excluding tert-OH is 4. The van der Waals surface area contributed by atoms with Gasteiger partial charge in [-0.2, -0.15) is 0 Å². The van der Waals surface area contributed by atoms with Gasteiger partial charge < -0.3 is 20.4 Å². The molecular formula is C6H13NO4. The smallest absolute Gasteiger partial charge is 0.112 e. The number of nitrogens with one attached hydrogen (secondary N) is 1. The highest BCUT2D eigenvalue weighted by Gasteiger charge is 2.40. The highest BCUT2D eigenvalue weighted by molar-refractivity contribution is 4.86. The molecule has 5 N–H and O–H groups in total. The van der Waals surface area contributed by atoms with E-state index in [2.05, 4.69) is 5.32 Å². The van der Waals surface area contributed by atoms with Gasteiger partial charge in [0, 0.05) is 11.8 Å². The molecule has 1 heterocycles. The van der Waals surface area contributed by atoms with Crippen LogP contribution < -0.4 is 5.32 Å². The summed E-state index contributed by atoms with van der Waals surface area (Å²) in [7, 11) is 0. The molecule has 0 spiro atoms. The second-order valence-corrected chi connectivity index (χ2v) is 2.75. The third-order valence-corrected chi connectivity index (χ3v) is 2.12. The minimum atomic E-state index is -0.924. The van der Waals surface area contributed by atoms with Crippen LogP contribution in [0.5, 0.6) is 0 Å². The van der Waals surface area contributed by atoms with Gasteiger partial charge in [-0.3, -0.25) is 5.32 Å². The van der Waals surface area contributed by atoms with E-state index in [1.807, 2.05) is 0 Å². The molecule has 0 unspecified atom stereocenters. The minimum absolute atomic E-state index is 0.240. The fraction of sp³-hybridized carbons (Fsp3) is 1.00. The monoisotopic (exact) mass is 163 g/mol. The summed E-state index contributed by atoms with van der Waals surface area (Å²) in [5.74, 6) is -0.954. The molecule has 0 amide bonds. The van der Waals surface area contributed by atoms with Crippen LogP contribution in [0.3, 0.4) is 0 Å². The Kier molecular flexibility index (Phi) is 2.80. The van der Waals surface area contributed by atoms with Crippen LogP contribution in [-0.4, -0.2) is 46.1 Å². The molecule has 1 fully saturated rings. The summed E-state index contributed by atoms with van der Waals surface area (Å²) in [5, 5.41) is 38.1. The first-order valence-electron chi connectivity index (χ1n) is 3.54. The van der Waals surface area contributed by atoms with Crippen LogP contribution in [0.4, 0.5) is 0 Å². The van der Waals surface area contributed by atoms with E-state index < -0.39 is 24.3 Å². The van der Waals surface area contributed by atoms with Crippen molar-refractivity contribution >= 4 is 0 Å². The Hall–Kier alpha value is -0.200. The van der Waals surface area contributed by atoms with Crippen LogP contribution in [0.2, 0.25) is 0 Å². The summed E-state index contributed by atoms with van der Waals surface area (Å²) >= 11 is 0. The quantitative estimate of drug-likeness (QED) is 0.309. The topological polar surface area (TPSA) is 93.0 Å². The van der Waals surface area contributed by atoms with Gasteiger partial charge in [0.1, 0.15) is 12.5 Å². The van der Waals surface area contributed by atoms with Crippen LogP contribution >= 0.6 is 0 Å². The molecule has 66 valence electrons.